The summed E-state index contributed by atoms with van der Waals surface area (Å²) in [6.45, 7) is 4.49. The van der Waals surface area contributed by atoms with Crippen LogP contribution in [0.3, 0.4) is 0 Å². The molecule has 9 heteroatoms. The van der Waals surface area contributed by atoms with Crippen LogP contribution < -0.4 is 8.37 Å². The number of benzene rings is 2. The Hall–Kier alpha value is -2.36. The van der Waals surface area contributed by atoms with Crippen LogP contribution in [-0.2, 0) is 33.1 Å². The van der Waals surface area contributed by atoms with E-state index in [1.54, 1.807) is 24.3 Å². The van der Waals surface area contributed by atoms with Crippen molar-refractivity contribution in [3.05, 3.63) is 70.4 Å². The van der Waals surface area contributed by atoms with Gasteiger partial charge < -0.3 is 8.37 Å². The molecule has 0 spiro atoms. The summed E-state index contributed by atoms with van der Waals surface area (Å²) in [6.07, 6.45) is 27.3. The first kappa shape index (κ1) is 41.1. The molecule has 3 rings (SSSR count). The molecule has 3 aromatic rings. The minimum absolute atomic E-state index is 0.0114. The van der Waals surface area contributed by atoms with Crippen LogP contribution in [0, 0.1) is 0 Å². The van der Waals surface area contributed by atoms with Crippen molar-refractivity contribution >= 4 is 31.6 Å². The molecule has 49 heavy (non-hydrogen) atoms. The van der Waals surface area contributed by atoms with Gasteiger partial charge in [-0.05, 0) is 61.1 Å². The molecule has 0 aliphatic heterocycles. The third-order valence-electron chi connectivity index (χ3n) is 9.05. The Morgan fingerprint density at radius 1 is 0.429 bits per heavy atom. The highest BCUT2D eigenvalue weighted by atomic mass is 32.2. The number of hydrogen-bond acceptors (Lipinski definition) is 7. The molecule has 0 bridgehead atoms. The summed E-state index contributed by atoms with van der Waals surface area (Å²) in [7, 11) is -8.36. The molecule has 2 aromatic carbocycles. The maximum atomic E-state index is 13.1. The summed E-state index contributed by atoms with van der Waals surface area (Å²) >= 11 is 1.10. The van der Waals surface area contributed by atoms with Gasteiger partial charge in [-0.3, -0.25) is 0 Å². The van der Waals surface area contributed by atoms with Gasteiger partial charge in [-0.25, -0.2) is 0 Å². The molecule has 0 aliphatic carbocycles. The number of thiophene rings is 1. The van der Waals surface area contributed by atoms with Crippen LogP contribution in [0.15, 0.2) is 69.1 Å². The Bertz CT molecular complexity index is 1400. The summed E-state index contributed by atoms with van der Waals surface area (Å²) in [6, 6.07) is 13.4. The fourth-order valence-electron chi connectivity index (χ4n) is 6.01. The summed E-state index contributed by atoms with van der Waals surface area (Å²) in [4.78, 5) is 0.0228. The van der Waals surface area contributed by atoms with Gasteiger partial charge in [0.1, 0.15) is 9.79 Å². The Labute approximate surface area is 302 Å². The van der Waals surface area contributed by atoms with Crippen molar-refractivity contribution in [1.29, 1.82) is 0 Å². The Balaban J connectivity index is 1.41. The minimum atomic E-state index is -4.18. The zero-order valence-electron chi connectivity index (χ0n) is 30.0. The smallest absolute Gasteiger partial charge is 0.339 e. The van der Waals surface area contributed by atoms with Gasteiger partial charge in [0.15, 0.2) is 11.5 Å². The summed E-state index contributed by atoms with van der Waals surface area (Å²) in [5, 5.41) is 2.86. The van der Waals surface area contributed by atoms with Crippen LogP contribution in [-0.4, -0.2) is 16.8 Å². The van der Waals surface area contributed by atoms with Crippen LogP contribution in [0.25, 0.3) is 0 Å². The Kier molecular flexibility index (Phi) is 19.4. The van der Waals surface area contributed by atoms with Crippen LogP contribution in [0.4, 0.5) is 0 Å². The lowest BCUT2D eigenvalue weighted by Gasteiger charge is -2.10. The van der Waals surface area contributed by atoms with Crippen molar-refractivity contribution in [3.8, 4) is 11.5 Å². The molecule has 0 atom stereocenters. The molecule has 0 saturated heterocycles. The first-order valence-corrected chi connectivity index (χ1v) is 22.6. The van der Waals surface area contributed by atoms with Crippen molar-refractivity contribution in [2.24, 2.45) is 0 Å². The maximum Gasteiger partial charge on any atom is 0.339 e. The standard InChI is InChI=1S/C40H60O6S3/c1-3-5-7-9-11-13-15-17-19-21-23-35-25-29-37(30-26-35)48(41,42)45-39-33-47-34-40(39)46-49(43,44)38-31-27-36(28-32-38)24-22-20-18-16-14-12-10-8-6-4-2/h25-34H,3-24H2,1-2H3. The molecule has 0 saturated carbocycles. The molecule has 1 heterocycles. The Morgan fingerprint density at radius 2 is 0.714 bits per heavy atom. The van der Waals surface area contributed by atoms with E-state index in [9.17, 15) is 16.8 Å². The molecule has 0 aliphatic rings. The van der Waals surface area contributed by atoms with Crippen molar-refractivity contribution < 1.29 is 25.2 Å². The van der Waals surface area contributed by atoms with E-state index in [1.807, 2.05) is 24.3 Å². The van der Waals surface area contributed by atoms with Crippen molar-refractivity contribution in [3.63, 3.8) is 0 Å². The average molecular weight is 733 g/mol. The van der Waals surface area contributed by atoms with E-state index in [4.69, 9.17) is 8.37 Å². The lowest BCUT2D eigenvalue weighted by Crippen LogP contribution is -2.13. The molecule has 6 nitrogen and oxygen atoms in total. The lowest BCUT2D eigenvalue weighted by molar-refractivity contribution is 0.451. The van der Waals surface area contributed by atoms with Crippen LogP contribution in [0.1, 0.15) is 153 Å². The minimum Gasteiger partial charge on any atom is -0.374 e. The third-order valence-corrected chi connectivity index (χ3v) is 12.3. The monoisotopic (exact) mass is 732 g/mol. The van der Waals surface area contributed by atoms with Crippen molar-refractivity contribution in [1.82, 2.24) is 0 Å². The number of unbranched alkanes of at least 4 members (excludes halogenated alkanes) is 18. The molecule has 274 valence electrons. The molecule has 0 amide bonds. The second-order valence-electron chi connectivity index (χ2n) is 13.3. The first-order valence-electron chi connectivity index (χ1n) is 18.9. The van der Waals surface area contributed by atoms with Crippen molar-refractivity contribution in [2.75, 3.05) is 0 Å². The highest BCUT2D eigenvalue weighted by Gasteiger charge is 2.24. The van der Waals surface area contributed by atoms with E-state index in [0.29, 0.717) is 0 Å². The summed E-state index contributed by atoms with van der Waals surface area (Å²) in [5.74, 6) is -0.304. The van der Waals surface area contributed by atoms with Crippen molar-refractivity contribution in [2.45, 2.75) is 165 Å². The zero-order chi connectivity index (χ0) is 35.2. The van der Waals surface area contributed by atoms with Crippen LogP contribution in [0.2, 0.25) is 0 Å². The van der Waals surface area contributed by atoms with Crippen LogP contribution >= 0.6 is 11.3 Å². The molecule has 0 N–H and O–H groups in total. The molecular formula is C40H60O6S3. The SMILES string of the molecule is CCCCCCCCCCCCc1ccc(S(=O)(=O)Oc2cscc2OS(=O)(=O)c2ccc(CCCCCCCCCCCC)cc2)cc1. The summed E-state index contributed by atoms with van der Waals surface area (Å²) in [5.41, 5.74) is 2.16. The summed E-state index contributed by atoms with van der Waals surface area (Å²) < 4.78 is 63.0. The van der Waals surface area contributed by atoms with Gasteiger partial charge in [-0.15, -0.1) is 11.3 Å². The topological polar surface area (TPSA) is 86.7 Å². The number of hydrogen-bond donors (Lipinski definition) is 0. The highest BCUT2D eigenvalue weighted by molar-refractivity contribution is 7.87. The van der Waals surface area contributed by atoms with E-state index in [0.717, 1.165) is 48.1 Å². The molecule has 1 aromatic heterocycles. The van der Waals surface area contributed by atoms with E-state index in [1.165, 1.54) is 126 Å². The molecule has 0 unspecified atom stereocenters. The molecular weight excluding hydrogens is 673 g/mol. The van der Waals surface area contributed by atoms with E-state index in [2.05, 4.69) is 13.8 Å². The van der Waals surface area contributed by atoms with Gasteiger partial charge in [0.05, 0.1) is 0 Å². The molecule has 0 fully saturated rings. The quantitative estimate of drug-likeness (QED) is 0.0545. The number of aryl methyl sites for hydroxylation is 2. The maximum absolute atomic E-state index is 13.1. The van der Waals surface area contributed by atoms with Gasteiger partial charge >= 0.3 is 20.2 Å². The van der Waals surface area contributed by atoms with E-state index in [-0.39, 0.29) is 21.3 Å². The van der Waals surface area contributed by atoms with Gasteiger partial charge in [0.25, 0.3) is 0 Å². The van der Waals surface area contributed by atoms with E-state index >= 15 is 0 Å². The Morgan fingerprint density at radius 3 is 1.02 bits per heavy atom. The number of rotatable bonds is 28. The third kappa shape index (κ3) is 16.0. The van der Waals surface area contributed by atoms with E-state index < -0.39 is 20.2 Å². The predicted molar refractivity (Wildman–Crippen MR) is 204 cm³/mol. The average Bonchev–Trinajstić information content (AvgIpc) is 3.51. The van der Waals surface area contributed by atoms with Gasteiger partial charge in [-0.1, -0.05) is 154 Å². The molecule has 0 radical (unpaired) electrons. The zero-order valence-corrected chi connectivity index (χ0v) is 32.5. The van der Waals surface area contributed by atoms with Gasteiger partial charge in [-0.2, -0.15) is 16.8 Å². The fourth-order valence-corrected chi connectivity index (χ4v) is 8.64. The second kappa shape index (κ2) is 23.2. The van der Waals surface area contributed by atoms with Gasteiger partial charge in [0, 0.05) is 10.8 Å². The first-order chi connectivity index (χ1) is 23.7. The highest BCUT2D eigenvalue weighted by Crippen LogP contribution is 2.36. The van der Waals surface area contributed by atoms with Crippen LogP contribution in [0.5, 0.6) is 11.5 Å². The fraction of sp³-hybridized carbons (Fsp3) is 0.600. The normalized spacial score (nSPS) is 12.0. The predicted octanol–water partition coefficient (Wildman–Crippen LogP) is 12.2. The lowest BCUT2D eigenvalue weighted by atomic mass is 10.0. The second-order valence-corrected chi connectivity index (χ2v) is 17.2. The largest absolute Gasteiger partial charge is 0.374 e. The van der Waals surface area contributed by atoms with Gasteiger partial charge in [0.2, 0.25) is 0 Å².